The molecule has 0 fully saturated rings. The predicted molar refractivity (Wildman–Crippen MR) is 80.0 cm³/mol. The summed E-state index contributed by atoms with van der Waals surface area (Å²) in [5.41, 5.74) is 2.06. The van der Waals surface area contributed by atoms with Gasteiger partial charge in [0.15, 0.2) is 17.0 Å². The average Bonchev–Trinajstić information content (AvgIpc) is 2.47. The molecule has 0 unspecified atom stereocenters. The van der Waals surface area contributed by atoms with E-state index in [1.807, 2.05) is 30.3 Å². The van der Waals surface area contributed by atoms with Crippen LogP contribution < -0.4 is 10.2 Å². The van der Waals surface area contributed by atoms with E-state index in [1.54, 1.807) is 6.92 Å². The Morgan fingerprint density at radius 2 is 1.90 bits per heavy atom. The van der Waals surface area contributed by atoms with Gasteiger partial charge in [0, 0.05) is 23.2 Å². The van der Waals surface area contributed by atoms with Gasteiger partial charge in [-0.25, -0.2) is 4.39 Å². The van der Waals surface area contributed by atoms with Gasteiger partial charge in [0.2, 0.25) is 0 Å². The van der Waals surface area contributed by atoms with E-state index in [2.05, 4.69) is 4.98 Å². The molecule has 2 aromatic carbocycles. The molecule has 1 N–H and O–H groups in total. The fourth-order valence-corrected chi connectivity index (χ4v) is 2.23. The van der Waals surface area contributed by atoms with Crippen molar-refractivity contribution in [1.29, 1.82) is 0 Å². The molecule has 3 rings (SSSR count). The van der Waals surface area contributed by atoms with E-state index in [0.29, 0.717) is 10.9 Å². The van der Waals surface area contributed by atoms with E-state index < -0.39 is 5.82 Å². The SMILES string of the molecule is Cc1cc(=O)c2cc(F)c(OCc3ccccc3)cc2[nH]1. The quantitative estimate of drug-likeness (QED) is 0.798. The molecule has 4 heteroatoms. The number of aromatic nitrogens is 1. The maximum absolute atomic E-state index is 14.0. The maximum Gasteiger partial charge on any atom is 0.189 e. The van der Waals surface area contributed by atoms with Crippen molar-refractivity contribution in [2.45, 2.75) is 13.5 Å². The number of aryl methyl sites for hydroxylation is 1. The van der Waals surface area contributed by atoms with E-state index >= 15 is 0 Å². The maximum atomic E-state index is 14.0. The number of pyridine rings is 1. The van der Waals surface area contributed by atoms with Crippen LogP contribution in [0.1, 0.15) is 11.3 Å². The van der Waals surface area contributed by atoms with Crippen LogP contribution in [0.5, 0.6) is 5.75 Å². The van der Waals surface area contributed by atoms with Crippen LogP contribution in [-0.2, 0) is 6.61 Å². The Bertz CT molecular complexity index is 841. The first-order valence-corrected chi connectivity index (χ1v) is 6.63. The molecule has 0 amide bonds. The fraction of sp³-hybridized carbons (Fsp3) is 0.118. The van der Waals surface area contributed by atoms with Gasteiger partial charge in [-0.1, -0.05) is 30.3 Å². The van der Waals surface area contributed by atoms with Crippen molar-refractivity contribution >= 4 is 10.9 Å². The second-order valence-electron chi connectivity index (χ2n) is 4.92. The fourth-order valence-electron chi connectivity index (χ4n) is 2.23. The Morgan fingerprint density at radius 3 is 2.67 bits per heavy atom. The highest BCUT2D eigenvalue weighted by Crippen LogP contribution is 2.23. The van der Waals surface area contributed by atoms with Gasteiger partial charge in [-0.15, -0.1) is 0 Å². The van der Waals surface area contributed by atoms with Crippen molar-refractivity contribution in [2.75, 3.05) is 0 Å². The zero-order chi connectivity index (χ0) is 14.8. The first-order chi connectivity index (χ1) is 10.1. The Balaban J connectivity index is 1.95. The van der Waals surface area contributed by atoms with Gasteiger partial charge in [0.05, 0.1) is 5.52 Å². The Labute approximate surface area is 121 Å². The van der Waals surface area contributed by atoms with Crippen LogP contribution in [0.4, 0.5) is 4.39 Å². The van der Waals surface area contributed by atoms with Crippen molar-refractivity contribution in [3.05, 3.63) is 75.8 Å². The van der Waals surface area contributed by atoms with E-state index in [-0.39, 0.29) is 17.8 Å². The smallest absolute Gasteiger partial charge is 0.189 e. The van der Waals surface area contributed by atoms with Crippen molar-refractivity contribution in [1.82, 2.24) is 4.98 Å². The number of ether oxygens (including phenoxy) is 1. The highest BCUT2D eigenvalue weighted by atomic mass is 19.1. The largest absolute Gasteiger partial charge is 0.486 e. The number of benzene rings is 2. The highest BCUT2D eigenvalue weighted by Gasteiger charge is 2.09. The number of hydrogen-bond donors (Lipinski definition) is 1. The normalized spacial score (nSPS) is 10.8. The summed E-state index contributed by atoms with van der Waals surface area (Å²) < 4.78 is 19.5. The summed E-state index contributed by atoms with van der Waals surface area (Å²) in [5, 5.41) is 0.324. The standard InChI is InChI=1S/C17H14FNO2/c1-11-7-16(20)13-8-14(18)17(9-15(13)19-11)21-10-12-5-3-2-4-6-12/h2-9H,10H2,1H3,(H,19,20). The minimum absolute atomic E-state index is 0.132. The number of nitrogens with one attached hydrogen (secondary N) is 1. The van der Waals surface area contributed by atoms with Crippen LogP contribution in [0, 0.1) is 12.7 Å². The Morgan fingerprint density at radius 1 is 1.14 bits per heavy atom. The van der Waals surface area contributed by atoms with Crippen molar-refractivity contribution in [3.8, 4) is 5.75 Å². The summed E-state index contributed by atoms with van der Waals surface area (Å²) >= 11 is 0. The topological polar surface area (TPSA) is 42.1 Å². The Kier molecular flexibility index (Phi) is 3.44. The van der Waals surface area contributed by atoms with Gasteiger partial charge < -0.3 is 9.72 Å². The molecule has 1 heterocycles. The number of fused-ring (bicyclic) bond motifs is 1. The lowest BCUT2D eigenvalue weighted by atomic mass is 10.2. The first kappa shape index (κ1) is 13.4. The van der Waals surface area contributed by atoms with E-state index in [1.165, 1.54) is 18.2 Å². The number of rotatable bonds is 3. The molecule has 0 saturated carbocycles. The summed E-state index contributed by atoms with van der Waals surface area (Å²) in [5.74, 6) is -0.402. The molecule has 0 atom stereocenters. The van der Waals surface area contributed by atoms with Crippen LogP contribution >= 0.6 is 0 Å². The van der Waals surface area contributed by atoms with Gasteiger partial charge in [0.25, 0.3) is 0 Å². The molecule has 1 aromatic heterocycles. The lowest BCUT2D eigenvalue weighted by Crippen LogP contribution is -2.05. The summed E-state index contributed by atoms with van der Waals surface area (Å²) in [4.78, 5) is 14.9. The zero-order valence-corrected chi connectivity index (χ0v) is 11.5. The number of hydrogen-bond acceptors (Lipinski definition) is 2. The van der Waals surface area contributed by atoms with Crippen LogP contribution in [0.15, 0.2) is 53.3 Å². The molecular weight excluding hydrogens is 269 g/mol. The lowest BCUT2D eigenvalue weighted by Gasteiger charge is -2.09. The van der Waals surface area contributed by atoms with Crippen LogP contribution in [0.25, 0.3) is 10.9 Å². The third-order valence-electron chi connectivity index (χ3n) is 3.25. The van der Waals surface area contributed by atoms with E-state index in [9.17, 15) is 9.18 Å². The number of halogens is 1. The summed E-state index contributed by atoms with van der Waals surface area (Å²) in [6, 6.07) is 13.7. The van der Waals surface area contributed by atoms with Gasteiger partial charge in [-0.3, -0.25) is 4.79 Å². The molecule has 0 aliphatic carbocycles. The molecular formula is C17H14FNO2. The molecule has 0 bridgehead atoms. The molecule has 0 aliphatic heterocycles. The molecule has 0 aliphatic rings. The third kappa shape index (κ3) is 2.79. The summed E-state index contributed by atoms with van der Waals surface area (Å²) in [6.07, 6.45) is 0. The van der Waals surface area contributed by atoms with Gasteiger partial charge in [-0.05, 0) is 18.6 Å². The third-order valence-corrected chi connectivity index (χ3v) is 3.25. The molecule has 21 heavy (non-hydrogen) atoms. The predicted octanol–water partition coefficient (Wildman–Crippen LogP) is 3.55. The molecule has 3 nitrogen and oxygen atoms in total. The summed E-state index contributed by atoms with van der Waals surface area (Å²) in [6.45, 7) is 2.06. The van der Waals surface area contributed by atoms with Gasteiger partial charge in [-0.2, -0.15) is 0 Å². The number of H-pyrrole nitrogens is 1. The molecule has 0 spiro atoms. The van der Waals surface area contributed by atoms with Crippen molar-refractivity contribution < 1.29 is 9.13 Å². The molecule has 0 saturated heterocycles. The Hall–Kier alpha value is -2.62. The summed E-state index contributed by atoms with van der Waals surface area (Å²) in [7, 11) is 0. The highest BCUT2D eigenvalue weighted by molar-refractivity contribution is 5.80. The van der Waals surface area contributed by atoms with Crippen LogP contribution in [0.3, 0.4) is 0 Å². The number of aromatic amines is 1. The molecule has 3 aromatic rings. The second-order valence-corrected chi connectivity index (χ2v) is 4.92. The van der Waals surface area contributed by atoms with Crippen LogP contribution in [-0.4, -0.2) is 4.98 Å². The van der Waals surface area contributed by atoms with E-state index in [4.69, 9.17) is 4.74 Å². The second kappa shape index (κ2) is 5.40. The average molecular weight is 283 g/mol. The van der Waals surface area contributed by atoms with Crippen molar-refractivity contribution in [2.24, 2.45) is 0 Å². The molecule has 0 radical (unpaired) electrons. The molecule has 106 valence electrons. The van der Waals surface area contributed by atoms with Gasteiger partial charge in [0.1, 0.15) is 6.61 Å². The van der Waals surface area contributed by atoms with Crippen LogP contribution in [0.2, 0.25) is 0 Å². The minimum atomic E-state index is -0.534. The zero-order valence-electron chi connectivity index (χ0n) is 11.5. The minimum Gasteiger partial charge on any atom is -0.486 e. The monoisotopic (exact) mass is 283 g/mol. The lowest BCUT2D eigenvalue weighted by molar-refractivity contribution is 0.291. The van der Waals surface area contributed by atoms with Crippen molar-refractivity contribution in [3.63, 3.8) is 0 Å². The van der Waals surface area contributed by atoms with E-state index in [0.717, 1.165) is 11.3 Å². The van der Waals surface area contributed by atoms with Gasteiger partial charge >= 0.3 is 0 Å². The first-order valence-electron chi connectivity index (χ1n) is 6.63.